The van der Waals surface area contributed by atoms with Crippen molar-refractivity contribution in [3.8, 4) is 23.0 Å². The van der Waals surface area contributed by atoms with E-state index >= 15 is 0 Å². The Hall–Kier alpha value is -7.45. The fourth-order valence-corrected chi connectivity index (χ4v) is 7.41. The molecule has 0 saturated heterocycles. The van der Waals surface area contributed by atoms with E-state index in [0.717, 1.165) is 5.56 Å². The second-order valence-electron chi connectivity index (χ2n) is 14.0. The van der Waals surface area contributed by atoms with Crippen LogP contribution in [0.25, 0.3) is 21.8 Å². The highest BCUT2D eigenvalue weighted by Crippen LogP contribution is 2.40. The number of phenols is 2. The van der Waals surface area contributed by atoms with Gasteiger partial charge in [-0.2, -0.15) is 0 Å². The molecule has 0 bridgehead atoms. The molecule has 8 aromatic rings. The van der Waals surface area contributed by atoms with Crippen LogP contribution in [0.15, 0.2) is 158 Å². The van der Waals surface area contributed by atoms with Gasteiger partial charge >= 0.3 is 0 Å². The van der Waals surface area contributed by atoms with Crippen molar-refractivity contribution in [2.24, 2.45) is 0 Å². The summed E-state index contributed by atoms with van der Waals surface area (Å²) in [4.78, 5) is 44.7. The minimum absolute atomic E-state index is 0.0516. The predicted octanol–water partition coefficient (Wildman–Crippen LogP) is 10.3. The van der Waals surface area contributed by atoms with E-state index in [1.807, 2.05) is 24.3 Å². The lowest BCUT2D eigenvalue weighted by molar-refractivity contribution is -0.384. The van der Waals surface area contributed by atoms with Crippen LogP contribution in [0.2, 0.25) is 15.1 Å². The summed E-state index contributed by atoms with van der Waals surface area (Å²) in [6.45, 7) is -0.482. The van der Waals surface area contributed by atoms with E-state index in [2.05, 4.69) is 20.6 Å². The molecule has 0 spiro atoms. The van der Waals surface area contributed by atoms with Crippen molar-refractivity contribution in [3.05, 3.63) is 205 Å². The van der Waals surface area contributed by atoms with Gasteiger partial charge in [0.2, 0.25) is 0 Å². The Labute approximate surface area is 381 Å². The van der Waals surface area contributed by atoms with Crippen LogP contribution >= 0.6 is 34.8 Å². The maximum absolute atomic E-state index is 12.8. The van der Waals surface area contributed by atoms with E-state index < -0.39 is 22.9 Å². The number of phenolic OH excluding ortho intramolecular Hbond substituents is 2. The Morgan fingerprint density at radius 2 is 1.06 bits per heavy atom. The van der Waals surface area contributed by atoms with Crippen LogP contribution in [0.4, 0.5) is 5.69 Å². The van der Waals surface area contributed by atoms with Crippen molar-refractivity contribution in [2.75, 3.05) is 13.2 Å². The number of benzene rings is 6. The number of nitrogens with one attached hydrogen (secondary N) is 2. The van der Waals surface area contributed by atoms with Crippen molar-refractivity contribution < 1.29 is 34.2 Å². The number of non-ortho nitro benzene ring substituents is 1. The lowest BCUT2D eigenvalue weighted by Gasteiger charge is -2.22. The molecule has 64 heavy (non-hydrogen) atoms. The number of rotatable bonds is 13. The second-order valence-corrected chi connectivity index (χ2v) is 15.3. The van der Waals surface area contributed by atoms with Crippen molar-refractivity contribution >= 4 is 74.1 Å². The van der Waals surface area contributed by atoms with Crippen LogP contribution in [0.5, 0.6) is 23.0 Å². The van der Waals surface area contributed by atoms with Crippen molar-refractivity contribution in [2.45, 2.75) is 12.1 Å². The third-order valence-electron chi connectivity index (χ3n) is 9.77. The molecule has 6 aromatic carbocycles. The quantitative estimate of drug-likeness (QED) is 0.0641. The molecule has 0 saturated carbocycles. The van der Waals surface area contributed by atoms with Crippen LogP contribution < -0.4 is 20.1 Å². The van der Waals surface area contributed by atoms with E-state index in [0.29, 0.717) is 54.0 Å². The molecule has 16 heteroatoms. The molecule has 322 valence electrons. The highest BCUT2D eigenvalue weighted by Gasteiger charge is 2.26. The number of fused-ring (bicyclic) bond motifs is 2. The molecule has 2 atom stereocenters. The smallest absolute Gasteiger partial charge is 0.269 e. The molecule has 2 aromatic heterocycles. The first kappa shape index (κ1) is 44.6. The number of nitro benzene ring substituents is 1. The molecule has 0 aliphatic rings. The Morgan fingerprint density at radius 3 is 1.53 bits per heavy atom. The maximum Gasteiger partial charge on any atom is 0.269 e. The van der Waals surface area contributed by atoms with Gasteiger partial charge < -0.3 is 30.3 Å². The van der Waals surface area contributed by atoms with E-state index in [9.17, 15) is 29.9 Å². The van der Waals surface area contributed by atoms with Gasteiger partial charge in [0.25, 0.3) is 17.5 Å². The van der Waals surface area contributed by atoms with Gasteiger partial charge in [0.1, 0.15) is 34.0 Å². The average Bonchev–Trinajstić information content (AvgIpc) is 3.32. The van der Waals surface area contributed by atoms with Gasteiger partial charge in [0.15, 0.2) is 13.2 Å². The first-order valence-electron chi connectivity index (χ1n) is 19.4. The number of aromatic nitrogens is 2. The lowest BCUT2D eigenvalue weighted by atomic mass is 9.95. The number of ether oxygens (including phenoxy) is 2. The molecule has 8 rings (SSSR count). The Bertz CT molecular complexity index is 2950. The number of nitro groups is 1. The van der Waals surface area contributed by atoms with Gasteiger partial charge in [0.05, 0.1) is 27.1 Å². The number of halogens is 3. The molecule has 13 nitrogen and oxygen atoms in total. The Kier molecular flexibility index (Phi) is 14.4. The van der Waals surface area contributed by atoms with Crippen molar-refractivity contribution in [3.63, 3.8) is 0 Å². The van der Waals surface area contributed by atoms with Crippen LogP contribution in [0.3, 0.4) is 0 Å². The Morgan fingerprint density at radius 1 is 0.594 bits per heavy atom. The molecule has 0 radical (unpaired) electrons. The van der Waals surface area contributed by atoms with Gasteiger partial charge in [-0.05, 0) is 83.9 Å². The summed E-state index contributed by atoms with van der Waals surface area (Å²) < 4.78 is 11.1. The normalized spacial score (nSPS) is 11.7. The van der Waals surface area contributed by atoms with E-state index in [1.165, 1.54) is 30.5 Å². The standard InChI is InChI=1S/C24H18Cl2N2O3.C24H18ClN3O5/c25-16-10-8-15(9-11-16)22(28-21(29)14-31-17-5-2-1-3-6-17)19-13-20(26)18-7-4-12-27-23(18)24(19)30;25-20-13-19(24(30)23-18(20)10-5-11-26-23)22(15-6-4-7-16(12-15)28(31)32)27-21(29)14-33-17-8-2-1-3-9-17/h1-13,22,30H,14H2,(H,28,29);1-13,22,30H,14H2,(H,27,29). The number of para-hydroxylation sites is 2. The van der Waals surface area contributed by atoms with E-state index in [-0.39, 0.29) is 47.4 Å². The number of aromatic hydroxyl groups is 2. The summed E-state index contributed by atoms with van der Waals surface area (Å²) in [7, 11) is 0. The van der Waals surface area contributed by atoms with Gasteiger partial charge in [-0.15, -0.1) is 0 Å². The first-order valence-corrected chi connectivity index (χ1v) is 20.6. The number of nitrogens with zero attached hydrogens (tertiary/aromatic N) is 3. The molecule has 2 unspecified atom stereocenters. The number of carbonyl (C=O) groups is 2. The Balaban J connectivity index is 0.000000192. The third-order valence-corrected chi connectivity index (χ3v) is 10.6. The fourth-order valence-electron chi connectivity index (χ4n) is 6.74. The van der Waals surface area contributed by atoms with Crippen molar-refractivity contribution in [1.82, 2.24) is 20.6 Å². The summed E-state index contributed by atoms with van der Waals surface area (Å²) in [5.74, 6) is 0.00860. The van der Waals surface area contributed by atoms with Gasteiger partial charge in [-0.1, -0.05) is 95.5 Å². The molecule has 0 fully saturated rings. The summed E-state index contributed by atoms with van der Waals surface area (Å²) in [6.07, 6.45) is 3.09. The zero-order valence-electron chi connectivity index (χ0n) is 33.4. The maximum atomic E-state index is 12.8. The third kappa shape index (κ3) is 10.8. The summed E-state index contributed by atoms with van der Waals surface area (Å²) >= 11 is 18.9. The molecule has 4 N–H and O–H groups in total. The predicted molar refractivity (Wildman–Crippen MR) is 245 cm³/mol. The number of pyridine rings is 2. The van der Waals surface area contributed by atoms with Crippen LogP contribution in [0, 0.1) is 10.1 Å². The van der Waals surface area contributed by atoms with Crippen LogP contribution in [-0.2, 0) is 9.59 Å². The zero-order chi connectivity index (χ0) is 45.2. The largest absolute Gasteiger partial charge is 0.505 e. The minimum atomic E-state index is -0.944. The molecular formula is C48H36Cl3N5O8. The monoisotopic (exact) mass is 915 g/mol. The lowest BCUT2D eigenvalue weighted by Crippen LogP contribution is -2.33. The SMILES string of the molecule is O=C(COc1ccccc1)NC(c1ccc(Cl)cc1)c1cc(Cl)c2cccnc2c1O.O=C(COc1ccccc1)NC(c1cccc([N+](=O)[O-])c1)c1cc(Cl)c2cccnc2c1O. The average molecular weight is 917 g/mol. The highest BCUT2D eigenvalue weighted by molar-refractivity contribution is 6.36. The molecule has 2 heterocycles. The highest BCUT2D eigenvalue weighted by atomic mass is 35.5. The van der Waals surface area contributed by atoms with Gasteiger partial charge in [0, 0.05) is 51.4 Å². The number of carbonyl (C=O) groups excluding carboxylic acids is 2. The topological polar surface area (TPSA) is 186 Å². The van der Waals surface area contributed by atoms with Gasteiger partial charge in [-0.25, -0.2) is 0 Å². The summed E-state index contributed by atoms with van der Waals surface area (Å²) in [5, 5.41) is 41.4. The van der Waals surface area contributed by atoms with Gasteiger partial charge in [-0.3, -0.25) is 29.7 Å². The molecular weight excluding hydrogens is 881 g/mol. The van der Waals surface area contributed by atoms with E-state index in [4.69, 9.17) is 44.3 Å². The summed E-state index contributed by atoms with van der Waals surface area (Å²) in [6, 6.07) is 39.1. The van der Waals surface area contributed by atoms with E-state index in [1.54, 1.807) is 103 Å². The number of hydrogen-bond donors (Lipinski definition) is 4. The fraction of sp³-hybridized carbons (Fsp3) is 0.0833. The van der Waals surface area contributed by atoms with Crippen LogP contribution in [-0.4, -0.2) is 50.1 Å². The number of amides is 2. The molecule has 0 aliphatic carbocycles. The second kappa shape index (κ2) is 20.6. The van der Waals surface area contributed by atoms with Crippen molar-refractivity contribution in [1.29, 1.82) is 0 Å². The summed E-state index contributed by atoms with van der Waals surface area (Å²) in [5.41, 5.74) is 2.24. The minimum Gasteiger partial charge on any atom is -0.505 e. The first-order chi connectivity index (χ1) is 31.0. The number of hydrogen-bond acceptors (Lipinski definition) is 10. The van der Waals surface area contributed by atoms with Crippen LogP contribution in [0.1, 0.15) is 34.3 Å². The molecule has 0 aliphatic heterocycles. The molecule has 2 amide bonds. The zero-order valence-corrected chi connectivity index (χ0v) is 35.7.